The molecule has 1 amide bonds. The van der Waals surface area contributed by atoms with Gasteiger partial charge in [0.15, 0.2) is 6.10 Å². The lowest BCUT2D eigenvalue weighted by molar-refractivity contribution is -0.124. The quantitative estimate of drug-likeness (QED) is 0.774. The summed E-state index contributed by atoms with van der Waals surface area (Å²) in [5, 5.41) is 13.7. The van der Waals surface area contributed by atoms with Crippen LogP contribution in [0.5, 0.6) is 0 Å². The number of rotatable bonds is 3. The third-order valence-electron chi connectivity index (χ3n) is 3.27. The number of hydrogen-bond donors (Lipinski definition) is 2. The van der Waals surface area contributed by atoms with Crippen molar-refractivity contribution in [2.75, 3.05) is 5.32 Å². The number of aliphatic hydroxyl groups excluding tert-OH is 1. The highest BCUT2D eigenvalue weighted by Gasteiger charge is 2.17. The first-order valence-electron chi connectivity index (χ1n) is 6.63. The molecule has 0 bridgehead atoms. The molecule has 0 radical (unpaired) electrons. The third kappa shape index (κ3) is 2.75. The lowest BCUT2D eigenvalue weighted by Crippen LogP contribution is -2.20. The van der Waals surface area contributed by atoms with E-state index in [9.17, 15) is 9.90 Å². The minimum atomic E-state index is -1.20. The van der Waals surface area contributed by atoms with E-state index in [0.717, 1.165) is 10.9 Å². The maximum atomic E-state index is 12.2. The first-order chi connectivity index (χ1) is 10.3. The lowest BCUT2D eigenvalue weighted by atomic mass is 10.1. The molecule has 0 saturated carbocycles. The van der Waals surface area contributed by atoms with Gasteiger partial charge in [0.25, 0.3) is 5.91 Å². The van der Waals surface area contributed by atoms with Crippen LogP contribution in [0, 0.1) is 0 Å². The molecular weight excluding hydrogens is 264 g/mol. The molecule has 0 aliphatic carbocycles. The van der Waals surface area contributed by atoms with E-state index in [2.05, 4.69) is 10.3 Å². The predicted octanol–water partition coefficient (Wildman–Crippen LogP) is 2.91. The van der Waals surface area contributed by atoms with Crippen LogP contribution < -0.4 is 5.32 Å². The molecule has 1 aromatic heterocycles. The lowest BCUT2D eigenvalue weighted by Gasteiger charge is -2.13. The molecular formula is C17H14N2O2. The van der Waals surface area contributed by atoms with E-state index in [4.69, 9.17) is 0 Å². The molecule has 0 saturated heterocycles. The molecule has 104 valence electrons. The van der Waals surface area contributed by atoms with Crippen molar-refractivity contribution in [2.24, 2.45) is 0 Å². The van der Waals surface area contributed by atoms with Crippen LogP contribution >= 0.6 is 0 Å². The van der Waals surface area contributed by atoms with E-state index in [1.807, 2.05) is 30.3 Å². The zero-order chi connectivity index (χ0) is 14.7. The van der Waals surface area contributed by atoms with Crippen LogP contribution in [0.15, 0.2) is 66.9 Å². The van der Waals surface area contributed by atoms with Crippen LogP contribution in [-0.4, -0.2) is 16.0 Å². The number of benzene rings is 2. The van der Waals surface area contributed by atoms with E-state index in [-0.39, 0.29) is 0 Å². The molecule has 0 aliphatic heterocycles. The summed E-state index contributed by atoms with van der Waals surface area (Å²) < 4.78 is 0. The van der Waals surface area contributed by atoms with Gasteiger partial charge in [-0.25, -0.2) is 0 Å². The van der Waals surface area contributed by atoms with Crippen LogP contribution in [0.25, 0.3) is 10.9 Å². The third-order valence-corrected chi connectivity index (χ3v) is 3.27. The molecule has 1 unspecified atom stereocenters. The van der Waals surface area contributed by atoms with Gasteiger partial charge in [-0.2, -0.15) is 0 Å². The van der Waals surface area contributed by atoms with Gasteiger partial charge >= 0.3 is 0 Å². The molecule has 3 aromatic rings. The summed E-state index contributed by atoms with van der Waals surface area (Å²) in [6.07, 6.45) is 0.505. The maximum absolute atomic E-state index is 12.2. The minimum absolute atomic E-state index is 0.461. The maximum Gasteiger partial charge on any atom is 0.257 e. The number of fused-ring (bicyclic) bond motifs is 1. The molecule has 3 rings (SSSR count). The van der Waals surface area contributed by atoms with Gasteiger partial charge in [0.1, 0.15) is 0 Å². The van der Waals surface area contributed by atoms with Crippen molar-refractivity contribution >= 4 is 22.5 Å². The highest BCUT2D eigenvalue weighted by atomic mass is 16.3. The average Bonchev–Trinajstić information content (AvgIpc) is 2.55. The molecule has 2 aromatic carbocycles. The highest BCUT2D eigenvalue weighted by Crippen LogP contribution is 2.23. The van der Waals surface area contributed by atoms with E-state index in [0.29, 0.717) is 11.3 Å². The number of nitrogens with one attached hydrogen (secondary N) is 1. The van der Waals surface area contributed by atoms with Gasteiger partial charge in [0.05, 0.1) is 11.2 Å². The van der Waals surface area contributed by atoms with Crippen molar-refractivity contribution in [3.05, 3.63) is 72.4 Å². The van der Waals surface area contributed by atoms with Crippen LogP contribution in [0.2, 0.25) is 0 Å². The minimum Gasteiger partial charge on any atom is -0.378 e. The van der Waals surface area contributed by atoms with Crippen LogP contribution in [0.4, 0.5) is 5.69 Å². The number of hydrogen-bond acceptors (Lipinski definition) is 3. The Morgan fingerprint density at radius 2 is 1.81 bits per heavy atom. The molecule has 0 aliphatic rings. The Morgan fingerprint density at radius 1 is 1.00 bits per heavy atom. The van der Waals surface area contributed by atoms with Crippen LogP contribution in [-0.2, 0) is 4.79 Å². The van der Waals surface area contributed by atoms with E-state index < -0.39 is 12.0 Å². The van der Waals surface area contributed by atoms with Gasteiger partial charge < -0.3 is 10.4 Å². The van der Waals surface area contributed by atoms with Crippen molar-refractivity contribution in [3.63, 3.8) is 0 Å². The summed E-state index contributed by atoms with van der Waals surface area (Å²) in [6.45, 7) is 0. The summed E-state index contributed by atoms with van der Waals surface area (Å²) in [5.74, 6) is -0.461. The van der Waals surface area contributed by atoms with E-state index >= 15 is 0 Å². The number of carbonyl (C=O) groups excluding carboxylic acids is 1. The number of carbonyl (C=O) groups is 1. The van der Waals surface area contributed by atoms with Crippen molar-refractivity contribution < 1.29 is 9.90 Å². The number of pyridine rings is 1. The molecule has 1 atom stereocenters. The molecule has 0 spiro atoms. The fraction of sp³-hybridized carbons (Fsp3) is 0.0588. The van der Waals surface area contributed by atoms with E-state index in [1.165, 1.54) is 0 Å². The Labute approximate surface area is 122 Å². The average molecular weight is 278 g/mol. The topological polar surface area (TPSA) is 62.2 Å². The Balaban J connectivity index is 1.87. The van der Waals surface area contributed by atoms with E-state index in [1.54, 1.807) is 36.5 Å². The number of aromatic nitrogens is 1. The molecule has 4 nitrogen and oxygen atoms in total. The van der Waals surface area contributed by atoms with Crippen LogP contribution in [0.1, 0.15) is 11.7 Å². The second-order valence-corrected chi connectivity index (χ2v) is 4.68. The fourth-order valence-corrected chi connectivity index (χ4v) is 2.20. The summed E-state index contributed by atoms with van der Waals surface area (Å²) in [4.78, 5) is 16.4. The Bertz CT molecular complexity index is 767. The van der Waals surface area contributed by atoms with Crippen molar-refractivity contribution in [2.45, 2.75) is 6.10 Å². The van der Waals surface area contributed by atoms with Gasteiger partial charge in [0, 0.05) is 11.6 Å². The summed E-state index contributed by atoms with van der Waals surface area (Å²) in [5.41, 5.74) is 2.00. The summed E-state index contributed by atoms with van der Waals surface area (Å²) >= 11 is 0. The number of anilines is 1. The van der Waals surface area contributed by atoms with Crippen molar-refractivity contribution in [1.29, 1.82) is 0 Å². The van der Waals surface area contributed by atoms with Gasteiger partial charge in [0.2, 0.25) is 0 Å². The largest absolute Gasteiger partial charge is 0.378 e. The van der Waals surface area contributed by atoms with Crippen LogP contribution in [0.3, 0.4) is 0 Å². The van der Waals surface area contributed by atoms with Gasteiger partial charge in [-0.05, 0) is 29.8 Å². The first-order valence-corrected chi connectivity index (χ1v) is 6.63. The predicted molar refractivity (Wildman–Crippen MR) is 81.8 cm³/mol. The molecule has 0 fully saturated rings. The van der Waals surface area contributed by atoms with Gasteiger partial charge in [-0.1, -0.05) is 36.4 Å². The monoisotopic (exact) mass is 278 g/mol. The molecule has 21 heavy (non-hydrogen) atoms. The number of aliphatic hydroxyl groups is 1. The second-order valence-electron chi connectivity index (χ2n) is 4.68. The molecule has 4 heteroatoms. The smallest absolute Gasteiger partial charge is 0.257 e. The standard InChI is InChI=1S/C17H14N2O2/c20-16(12-6-2-1-3-7-12)17(21)19-15-10-4-9-14-13(15)8-5-11-18-14/h1-11,16,20H,(H,19,21). The highest BCUT2D eigenvalue weighted by molar-refractivity contribution is 6.02. The van der Waals surface area contributed by atoms with Gasteiger partial charge in [-0.15, -0.1) is 0 Å². The van der Waals surface area contributed by atoms with Crippen molar-refractivity contribution in [3.8, 4) is 0 Å². The zero-order valence-corrected chi connectivity index (χ0v) is 11.2. The molecule has 1 heterocycles. The van der Waals surface area contributed by atoms with Gasteiger partial charge in [-0.3, -0.25) is 9.78 Å². The zero-order valence-electron chi connectivity index (χ0n) is 11.2. The Morgan fingerprint density at radius 3 is 2.62 bits per heavy atom. The second kappa shape index (κ2) is 5.73. The molecule has 2 N–H and O–H groups in total. The first kappa shape index (κ1) is 13.3. The number of nitrogens with zero attached hydrogens (tertiary/aromatic N) is 1. The summed E-state index contributed by atoms with van der Waals surface area (Å²) in [6, 6.07) is 18.0. The summed E-state index contributed by atoms with van der Waals surface area (Å²) in [7, 11) is 0. The SMILES string of the molecule is O=C(Nc1cccc2ncccc12)C(O)c1ccccc1. The normalized spacial score (nSPS) is 12.0. The number of amides is 1. The Hall–Kier alpha value is -2.72. The van der Waals surface area contributed by atoms with Crippen molar-refractivity contribution in [1.82, 2.24) is 4.98 Å². The Kier molecular flexibility index (Phi) is 3.62. The fourth-order valence-electron chi connectivity index (χ4n) is 2.20.